The van der Waals surface area contributed by atoms with Gasteiger partial charge >= 0.3 is 0 Å². The fraction of sp³-hybridized carbons (Fsp3) is 0.357. The Kier molecular flexibility index (Phi) is 4.22. The van der Waals surface area contributed by atoms with Crippen LogP contribution in [0.3, 0.4) is 0 Å². The minimum Gasteiger partial charge on any atom is -0.330 e. The van der Waals surface area contributed by atoms with Gasteiger partial charge in [-0.3, -0.25) is 4.68 Å². The topological polar surface area (TPSA) is 43.8 Å². The third-order valence-electron chi connectivity index (χ3n) is 3.25. The molecule has 0 atom stereocenters. The predicted octanol–water partition coefficient (Wildman–Crippen LogP) is 2.84. The second kappa shape index (κ2) is 5.72. The smallest absolute Gasteiger partial charge is 0.128 e. The fourth-order valence-corrected chi connectivity index (χ4v) is 2.41. The molecule has 0 aliphatic rings. The Hall–Kier alpha value is -1.39. The normalized spacial score (nSPS) is 11.0. The van der Waals surface area contributed by atoms with Crippen molar-refractivity contribution in [2.24, 2.45) is 5.73 Å². The first-order chi connectivity index (χ1) is 9.02. The van der Waals surface area contributed by atoms with E-state index in [-0.39, 0.29) is 5.82 Å². The SMILES string of the molecule is Cc1nn(Cc2cc(Cl)ccc2F)c(C)c1CCN. The molecule has 0 amide bonds. The van der Waals surface area contributed by atoms with Gasteiger partial charge in [0, 0.05) is 16.3 Å². The van der Waals surface area contributed by atoms with Crippen molar-refractivity contribution in [3.05, 3.63) is 51.6 Å². The molecule has 0 bridgehead atoms. The van der Waals surface area contributed by atoms with Gasteiger partial charge in [0.1, 0.15) is 5.82 Å². The van der Waals surface area contributed by atoms with Gasteiger partial charge in [-0.15, -0.1) is 0 Å². The first-order valence-corrected chi connectivity index (χ1v) is 6.57. The zero-order valence-electron chi connectivity index (χ0n) is 11.1. The summed E-state index contributed by atoms with van der Waals surface area (Å²) >= 11 is 5.90. The van der Waals surface area contributed by atoms with Gasteiger partial charge in [-0.1, -0.05) is 11.6 Å². The Morgan fingerprint density at radius 3 is 2.79 bits per heavy atom. The summed E-state index contributed by atoms with van der Waals surface area (Å²) in [5.74, 6) is -0.266. The number of rotatable bonds is 4. The van der Waals surface area contributed by atoms with Crippen LogP contribution in [0.1, 0.15) is 22.5 Å². The summed E-state index contributed by atoms with van der Waals surface area (Å²) in [6.45, 7) is 4.89. The molecule has 0 aliphatic carbocycles. The second-order valence-electron chi connectivity index (χ2n) is 4.58. The third-order valence-corrected chi connectivity index (χ3v) is 3.49. The number of benzene rings is 1. The van der Waals surface area contributed by atoms with Gasteiger partial charge in [-0.2, -0.15) is 5.10 Å². The van der Waals surface area contributed by atoms with Gasteiger partial charge in [-0.05, 0) is 50.6 Å². The molecule has 2 rings (SSSR count). The number of hydrogen-bond donors (Lipinski definition) is 1. The average Bonchev–Trinajstić information content (AvgIpc) is 2.62. The number of halogens is 2. The molecule has 0 unspecified atom stereocenters. The molecule has 0 radical (unpaired) electrons. The molecule has 3 nitrogen and oxygen atoms in total. The summed E-state index contributed by atoms with van der Waals surface area (Å²) in [6.07, 6.45) is 0.787. The largest absolute Gasteiger partial charge is 0.330 e. The van der Waals surface area contributed by atoms with Crippen molar-refractivity contribution >= 4 is 11.6 Å². The Bertz CT molecular complexity index is 593. The molecular weight excluding hydrogens is 265 g/mol. The van der Waals surface area contributed by atoms with Crippen molar-refractivity contribution in [1.82, 2.24) is 9.78 Å². The monoisotopic (exact) mass is 281 g/mol. The highest BCUT2D eigenvalue weighted by molar-refractivity contribution is 6.30. The summed E-state index contributed by atoms with van der Waals surface area (Å²) in [5.41, 5.74) is 9.25. The maximum atomic E-state index is 13.7. The number of nitrogens with two attached hydrogens (primary N) is 1. The molecule has 2 N–H and O–H groups in total. The zero-order chi connectivity index (χ0) is 14.0. The van der Waals surface area contributed by atoms with Crippen LogP contribution in [0.2, 0.25) is 5.02 Å². The third kappa shape index (κ3) is 2.96. The molecule has 0 spiro atoms. The van der Waals surface area contributed by atoms with E-state index in [1.807, 2.05) is 13.8 Å². The zero-order valence-corrected chi connectivity index (χ0v) is 11.8. The van der Waals surface area contributed by atoms with E-state index < -0.39 is 0 Å². The van der Waals surface area contributed by atoms with Crippen LogP contribution in [-0.2, 0) is 13.0 Å². The van der Waals surface area contributed by atoms with E-state index in [0.29, 0.717) is 23.7 Å². The average molecular weight is 282 g/mol. The number of aryl methyl sites for hydroxylation is 1. The molecule has 19 heavy (non-hydrogen) atoms. The Morgan fingerprint density at radius 2 is 2.11 bits per heavy atom. The van der Waals surface area contributed by atoms with Crippen LogP contribution in [0.4, 0.5) is 4.39 Å². The van der Waals surface area contributed by atoms with Crippen molar-refractivity contribution in [2.45, 2.75) is 26.8 Å². The molecule has 1 aromatic carbocycles. The van der Waals surface area contributed by atoms with E-state index in [2.05, 4.69) is 5.10 Å². The maximum absolute atomic E-state index is 13.7. The Balaban J connectivity index is 2.33. The molecular formula is C14H17ClFN3. The van der Waals surface area contributed by atoms with E-state index in [9.17, 15) is 4.39 Å². The minimum absolute atomic E-state index is 0.266. The predicted molar refractivity (Wildman–Crippen MR) is 75.0 cm³/mol. The van der Waals surface area contributed by atoms with Crippen LogP contribution in [0.25, 0.3) is 0 Å². The van der Waals surface area contributed by atoms with Crippen molar-refractivity contribution in [1.29, 1.82) is 0 Å². The summed E-state index contributed by atoms with van der Waals surface area (Å²) in [7, 11) is 0. The van der Waals surface area contributed by atoms with Gasteiger partial charge in [0.15, 0.2) is 0 Å². The van der Waals surface area contributed by atoms with Gasteiger partial charge < -0.3 is 5.73 Å². The van der Waals surface area contributed by atoms with Crippen LogP contribution in [-0.4, -0.2) is 16.3 Å². The molecule has 102 valence electrons. The molecule has 1 heterocycles. The lowest BCUT2D eigenvalue weighted by molar-refractivity contribution is 0.578. The van der Waals surface area contributed by atoms with E-state index in [0.717, 1.165) is 23.4 Å². The van der Waals surface area contributed by atoms with Gasteiger partial charge in [-0.25, -0.2) is 4.39 Å². The lowest BCUT2D eigenvalue weighted by atomic mass is 10.1. The van der Waals surface area contributed by atoms with E-state index in [4.69, 9.17) is 17.3 Å². The quantitative estimate of drug-likeness (QED) is 0.936. The minimum atomic E-state index is -0.266. The lowest BCUT2D eigenvalue weighted by Gasteiger charge is -2.07. The molecule has 5 heteroatoms. The van der Waals surface area contributed by atoms with E-state index >= 15 is 0 Å². The summed E-state index contributed by atoms with van der Waals surface area (Å²) in [6, 6.07) is 4.56. The van der Waals surface area contributed by atoms with Crippen molar-refractivity contribution in [3.63, 3.8) is 0 Å². The number of hydrogen-bond acceptors (Lipinski definition) is 2. The van der Waals surface area contributed by atoms with Crippen molar-refractivity contribution in [2.75, 3.05) is 6.54 Å². The molecule has 0 fully saturated rings. The molecule has 0 saturated heterocycles. The summed E-state index contributed by atoms with van der Waals surface area (Å²) in [4.78, 5) is 0. The van der Waals surface area contributed by atoms with Crippen molar-refractivity contribution < 1.29 is 4.39 Å². The van der Waals surface area contributed by atoms with Crippen LogP contribution >= 0.6 is 11.6 Å². The summed E-state index contributed by atoms with van der Waals surface area (Å²) < 4.78 is 15.5. The van der Waals surface area contributed by atoms with Gasteiger partial charge in [0.2, 0.25) is 0 Å². The highest BCUT2D eigenvalue weighted by Gasteiger charge is 2.12. The van der Waals surface area contributed by atoms with Crippen LogP contribution in [0.15, 0.2) is 18.2 Å². The van der Waals surface area contributed by atoms with Crippen LogP contribution in [0.5, 0.6) is 0 Å². The Labute approximate surface area is 117 Å². The standard InChI is InChI=1S/C14H17ClFN3/c1-9-13(5-6-17)10(2)19(18-9)8-11-7-12(15)3-4-14(11)16/h3-4,7H,5-6,8,17H2,1-2H3. The molecule has 1 aromatic heterocycles. The van der Waals surface area contributed by atoms with Crippen molar-refractivity contribution in [3.8, 4) is 0 Å². The first kappa shape index (κ1) is 14.0. The Morgan fingerprint density at radius 1 is 1.37 bits per heavy atom. The first-order valence-electron chi connectivity index (χ1n) is 6.19. The van der Waals surface area contributed by atoms with Gasteiger partial charge in [0.05, 0.1) is 12.2 Å². The molecule has 2 aromatic rings. The van der Waals surface area contributed by atoms with E-state index in [1.54, 1.807) is 16.8 Å². The maximum Gasteiger partial charge on any atom is 0.128 e. The second-order valence-corrected chi connectivity index (χ2v) is 5.02. The number of nitrogens with zero attached hydrogens (tertiary/aromatic N) is 2. The highest BCUT2D eigenvalue weighted by Crippen LogP contribution is 2.19. The lowest BCUT2D eigenvalue weighted by Crippen LogP contribution is -2.07. The number of aromatic nitrogens is 2. The fourth-order valence-electron chi connectivity index (χ4n) is 2.22. The summed E-state index contributed by atoms with van der Waals surface area (Å²) in [5, 5.41) is 4.97. The molecule has 0 aliphatic heterocycles. The molecule has 0 saturated carbocycles. The van der Waals surface area contributed by atoms with E-state index in [1.165, 1.54) is 6.07 Å². The van der Waals surface area contributed by atoms with Gasteiger partial charge in [0.25, 0.3) is 0 Å². The van der Waals surface area contributed by atoms with Crippen LogP contribution < -0.4 is 5.73 Å². The van der Waals surface area contributed by atoms with Crippen LogP contribution in [0, 0.1) is 19.7 Å². The highest BCUT2D eigenvalue weighted by atomic mass is 35.5.